The Bertz CT molecular complexity index is 708. The lowest BCUT2D eigenvalue weighted by molar-refractivity contribution is -0.135. The number of rotatable bonds is 4. The molecule has 0 spiro atoms. The highest BCUT2D eigenvalue weighted by Crippen LogP contribution is 2.33. The van der Waals surface area contributed by atoms with Gasteiger partial charge in [-0.1, -0.05) is 30.3 Å². The number of imide groups is 1. The number of benzene rings is 1. The van der Waals surface area contributed by atoms with Gasteiger partial charge in [0.05, 0.1) is 0 Å². The van der Waals surface area contributed by atoms with Crippen molar-refractivity contribution in [2.75, 3.05) is 13.1 Å². The summed E-state index contributed by atoms with van der Waals surface area (Å²) in [6, 6.07) is 9.02. The number of nitrogens with zero attached hydrogens (tertiary/aromatic N) is 3. The summed E-state index contributed by atoms with van der Waals surface area (Å²) >= 11 is 0. The Balaban J connectivity index is 1.41. The third-order valence-electron chi connectivity index (χ3n) is 5.78. The van der Waals surface area contributed by atoms with Gasteiger partial charge in [0, 0.05) is 31.6 Å². The summed E-state index contributed by atoms with van der Waals surface area (Å²) in [5.41, 5.74) is 1.02. The van der Waals surface area contributed by atoms with Crippen LogP contribution in [0.2, 0.25) is 0 Å². The van der Waals surface area contributed by atoms with E-state index in [0.717, 1.165) is 18.4 Å². The molecule has 3 aliphatic rings. The lowest BCUT2D eigenvalue weighted by atomic mass is 10.0. The van der Waals surface area contributed by atoms with Gasteiger partial charge in [-0.2, -0.15) is 0 Å². The van der Waals surface area contributed by atoms with Gasteiger partial charge in [-0.15, -0.1) is 0 Å². The van der Waals surface area contributed by atoms with Crippen LogP contribution in [-0.4, -0.2) is 57.7 Å². The molecule has 2 saturated heterocycles. The molecule has 2 aliphatic heterocycles. The average Bonchev–Trinajstić information content (AvgIpc) is 3.48. The van der Waals surface area contributed by atoms with E-state index in [2.05, 4.69) is 0 Å². The molecular weight excluding hydrogens is 330 g/mol. The highest BCUT2D eigenvalue weighted by atomic mass is 16.2. The summed E-state index contributed by atoms with van der Waals surface area (Å²) in [5, 5.41) is 0. The van der Waals surface area contributed by atoms with Crippen LogP contribution in [0.1, 0.15) is 38.2 Å². The number of hydrogen-bond acceptors (Lipinski definition) is 3. The number of hydrogen-bond donors (Lipinski definition) is 0. The summed E-state index contributed by atoms with van der Waals surface area (Å²) in [5.74, 6) is 0.363. The minimum atomic E-state index is -0.436. The Kier molecular flexibility index (Phi) is 4.42. The maximum absolute atomic E-state index is 12.9. The fourth-order valence-corrected chi connectivity index (χ4v) is 3.99. The third-order valence-corrected chi connectivity index (χ3v) is 5.78. The van der Waals surface area contributed by atoms with Gasteiger partial charge >= 0.3 is 6.03 Å². The molecule has 1 atom stereocenters. The Morgan fingerprint density at radius 1 is 1.04 bits per heavy atom. The van der Waals surface area contributed by atoms with Crippen LogP contribution in [0.4, 0.5) is 4.79 Å². The van der Waals surface area contributed by atoms with Crippen LogP contribution in [0.3, 0.4) is 0 Å². The normalized spacial score (nSPS) is 24.5. The zero-order chi connectivity index (χ0) is 18.3. The van der Waals surface area contributed by atoms with Crippen LogP contribution >= 0.6 is 0 Å². The largest absolute Gasteiger partial charge is 0.342 e. The van der Waals surface area contributed by atoms with Gasteiger partial charge in [0.25, 0.3) is 5.91 Å². The first kappa shape index (κ1) is 17.1. The van der Waals surface area contributed by atoms with Crippen LogP contribution in [0.15, 0.2) is 30.3 Å². The second-order valence-electron chi connectivity index (χ2n) is 7.61. The second kappa shape index (κ2) is 6.74. The fraction of sp³-hybridized carbons (Fsp3) is 0.550. The molecule has 2 heterocycles. The molecule has 6 nitrogen and oxygen atoms in total. The Morgan fingerprint density at radius 2 is 1.69 bits per heavy atom. The molecule has 1 aromatic rings. The first-order chi connectivity index (χ1) is 12.6. The van der Waals surface area contributed by atoms with E-state index in [9.17, 15) is 14.4 Å². The van der Waals surface area contributed by atoms with Crippen LogP contribution < -0.4 is 0 Å². The molecule has 3 fully saturated rings. The van der Waals surface area contributed by atoms with Gasteiger partial charge in [-0.05, 0) is 38.2 Å². The summed E-state index contributed by atoms with van der Waals surface area (Å²) in [7, 11) is 0. The zero-order valence-electron chi connectivity index (χ0n) is 15.1. The van der Waals surface area contributed by atoms with Crippen molar-refractivity contribution in [2.24, 2.45) is 5.92 Å². The van der Waals surface area contributed by atoms with E-state index in [1.54, 1.807) is 11.8 Å². The Labute approximate surface area is 153 Å². The topological polar surface area (TPSA) is 60.9 Å². The Morgan fingerprint density at radius 3 is 2.31 bits per heavy atom. The van der Waals surface area contributed by atoms with Crippen LogP contribution in [0.5, 0.6) is 0 Å². The van der Waals surface area contributed by atoms with E-state index in [1.807, 2.05) is 35.2 Å². The number of piperidine rings is 1. The van der Waals surface area contributed by atoms with Gasteiger partial charge in [0.2, 0.25) is 5.91 Å². The standard InChI is InChI=1S/C20H25N3O3/c1-14-18(24)23(20(26)22(14)13-15-5-3-2-4-6-15)17-9-11-21(12-10-17)19(25)16-7-8-16/h2-6,14,16-17H,7-13H2,1H3. The lowest BCUT2D eigenvalue weighted by Gasteiger charge is -2.35. The first-order valence-corrected chi connectivity index (χ1v) is 9.52. The van der Waals surface area contributed by atoms with Gasteiger partial charge in [-0.25, -0.2) is 4.79 Å². The molecule has 1 aromatic carbocycles. The zero-order valence-corrected chi connectivity index (χ0v) is 15.1. The monoisotopic (exact) mass is 355 g/mol. The number of carbonyl (C=O) groups excluding carboxylic acids is 3. The van der Waals surface area contributed by atoms with Crippen molar-refractivity contribution in [1.29, 1.82) is 0 Å². The number of amides is 4. The molecule has 138 valence electrons. The molecule has 0 N–H and O–H groups in total. The number of likely N-dealkylation sites (tertiary alicyclic amines) is 1. The van der Waals surface area contributed by atoms with Crippen LogP contribution in [0.25, 0.3) is 0 Å². The molecule has 0 radical (unpaired) electrons. The van der Waals surface area contributed by atoms with Gasteiger partial charge in [0.15, 0.2) is 0 Å². The molecule has 0 aromatic heterocycles. The molecule has 1 unspecified atom stereocenters. The maximum Gasteiger partial charge on any atom is 0.328 e. The summed E-state index contributed by atoms with van der Waals surface area (Å²) in [4.78, 5) is 42.9. The predicted molar refractivity (Wildman–Crippen MR) is 96.0 cm³/mol. The molecule has 6 heteroatoms. The van der Waals surface area contributed by atoms with Gasteiger partial charge in [-0.3, -0.25) is 14.5 Å². The van der Waals surface area contributed by atoms with Crippen molar-refractivity contribution in [3.05, 3.63) is 35.9 Å². The van der Waals surface area contributed by atoms with Crippen molar-refractivity contribution in [3.8, 4) is 0 Å². The summed E-state index contributed by atoms with van der Waals surface area (Å²) < 4.78 is 0. The second-order valence-corrected chi connectivity index (χ2v) is 7.61. The first-order valence-electron chi connectivity index (χ1n) is 9.52. The van der Waals surface area contributed by atoms with Gasteiger partial charge in [0.1, 0.15) is 6.04 Å². The molecule has 4 amide bonds. The molecule has 1 aliphatic carbocycles. The van der Waals surface area contributed by atoms with Gasteiger partial charge < -0.3 is 9.80 Å². The van der Waals surface area contributed by atoms with E-state index >= 15 is 0 Å². The quantitative estimate of drug-likeness (QED) is 0.778. The average molecular weight is 355 g/mol. The number of urea groups is 1. The number of carbonyl (C=O) groups is 3. The Hall–Kier alpha value is -2.37. The highest BCUT2D eigenvalue weighted by Gasteiger charge is 2.46. The summed E-state index contributed by atoms with van der Waals surface area (Å²) in [6.07, 6.45) is 3.38. The third kappa shape index (κ3) is 3.08. The van der Waals surface area contributed by atoms with Crippen molar-refractivity contribution < 1.29 is 14.4 Å². The minimum absolute atomic E-state index is 0.0959. The van der Waals surface area contributed by atoms with Crippen molar-refractivity contribution in [2.45, 2.75) is 51.2 Å². The highest BCUT2D eigenvalue weighted by molar-refractivity contribution is 6.04. The fourth-order valence-electron chi connectivity index (χ4n) is 3.99. The molecule has 1 saturated carbocycles. The summed E-state index contributed by atoms with van der Waals surface area (Å²) in [6.45, 7) is 3.53. The molecule has 0 bridgehead atoms. The maximum atomic E-state index is 12.9. The predicted octanol–water partition coefficient (Wildman–Crippen LogP) is 2.24. The lowest BCUT2D eigenvalue weighted by Crippen LogP contribution is -2.49. The molecular formula is C20H25N3O3. The van der Waals surface area contributed by atoms with E-state index in [0.29, 0.717) is 32.5 Å². The van der Waals surface area contributed by atoms with Crippen molar-refractivity contribution >= 4 is 17.8 Å². The van der Waals surface area contributed by atoms with Crippen molar-refractivity contribution in [3.63, 3.8) is 0 Å². The van der Waals surface area contributed by atoms with E-state index in [-0.39, 0.29) is 29.8 Å². The van der Waals surface area contributed by atoms with Crippen LogP contribution in [-0.2, 0) is 16.1 Å². The molecule has 26 heavy (non-hydrogen) atoms. The van der Waals surface area contributed by atoms with E-state index in [4.69, 9.17) is 0 Å². The van der Waals surface area contributed by atoms with E-state index in [1.165, 1.54) is 4.90 Å². The van der Waals surface area contributed by atoms with Crippen molar-refractivity contribution in [1.82, 2.24) is 14.7 Å². The SMILES string of the molecule is CC1C(=O)N(C2CCN(C(=O)C3CC3)CC2)C(=O)N1Cc1ccccc1. The minimum Gasteiger partial charge on any atom is -0.342 e. The molecule has 4 rings (SSSR count). The smallest absolute Gasteiger partial charge is 0.328 e. The van der Waals surface area contributed by atoms with E-state index < -0.39 is 6.04 Å². The van der Waals surface area contributed by atoms with Crippen LogP contribution in [0, 0.1) is 5.92 Å².